The maximum Gasteiger partial charge on any atom is 0.136 e. The number of benzene rings is 1. The maximum atomic E-state index is 13.2. The highest BCUT2D eigenvalue weighted by molar-refractivity contribution is 5.62. The van der Waals surface area contributed by atoms with Crippen molar-refractivity contribution in [3.05, 3.63) is 41.5 Å². The van der Waals surface area contributed by atoms with Crippen molar-refractivity contribution in [2.45, 2.75) is 33.6 Å². The van der Waals surface area contributed by atoms with Crippen LogP contribution in [0.25, 0.3) is 0 Å². The van der Waals surface area contributed by atoms with Crippen LogP contribution in [-0.2, 0) is 6.42 Å². The lowest BCUT2D eigenvalue weighted by Crippen LogP contribution is -2.06. The minimum absolute atomic E-state index is 0.235. The van der Waals surface area contributed by atoms with E-state index in [1.165, 1.54) is 12.1 Å². The second kappa shape index (κ2) is 7.02. The van der Waals surface area contributed by atoms with Gasteiger partial charge in [-0.15, -0.1) is 0 Å². The fraction of sp³-hybridized carbons (Fsp3) is 0.375. The summed E-state index contributed by atoms with van der Waals surface area (Å²) < 4.78 is 13.2. The van der Waals surface area contributed by atoms with Crippen LogP contribution in [0.15, 0.2) is 24.3 Å². The molecule has 0 unspecified atom stereocenters. The van der Waals surface area contributed by atoms with Crippen molar-refractivity contribution in [3.63, 3.8) is 0 Å². The standard InChI is InChI=1S/C16H21FN4/c1-4-6-14-20-15(18-5-2)10-16(21-14)19-13-8-7-12(17)9-11(13)3/h7-10H,4-6H2,1-3H3,(H2,18,19,20,21). The highest BCUT2D eigenvalue weighted by atomic mass is 19.1. The van der Waals surface area contributed by atoms with E-state index in [0.29, 0.717) is 0 Å². The van der Waals surface area contributed by atoms with Gasteiger partial charge in [-0.3, -0.25) is 0 Å². The number of aryl methyl sites for hydroxylation is 2. The summed E-state index contributed by atoms with van der Waals surface area (Å²) in [6.45, 7) is 6.79. The quantitative estimate of drug-likeness (QED) is 0.842. The molecular formula is C16H21FN4. The van der Waals surface area contributed by atoms with Crippen LogP contribution in [0.3, 0.4) is 0 Å². The highest BCUT2D eigenvalue weighted by Crippen LogP contribution is 2.22. The predicted octanol–water partition coefficient (Wildman–Crippen LogP) is 4.05. The number of anilines is 3. The van der Waals surface area contributed by atoms with Crippen molar-refractivity contribution >= 4 is 17.3 Å². The molecule has 0 radical (unpaired) electrons. The average Bonchev–Trinajstić information content (AvgIpc) is 2.42. The number of hydrogen-bond acceptors (Lipinski definition) is 4. The van der Waals surface area contributed by atoms with Crippen LogP contribution in [0.2, 0.25) is 0 Å². The normalized spacial score (nSPS) is 10.5. The molecule has 0 spiro atoms. The smallest absolute Gasteiger partial charge is 0.136 e. The Morgan fingerprint density at radius 2 is 1.86 bits per heavy atom. The fourth-order valence-corrected chi connectivity index (χ4v) is 2.07. The third-order valence-corrected chi connectivity index (χ3v) is 3.06. The minimum atomic E-state index is -0.235. The van der Waals surface area contributed by atoms with Gasteiger partial charge < -0.3 is 10.6 Å². The zero-order valence-corrected chi connectivity index (χ0v) is 12.7. The van der Waals surface area contributed by atoms with Crippen LogP contribution >= 0.6 is 0 Å². The summed E-state index contributed by atoms with van der Waals surface area (Å²) in [7, 11) is 0. The van der Waals surface area contributed by atoms with Crippen LogP contribution in [0, 0.1) is 12.7 Å². The third-order valence-electron chi connectivity index (χ3n) is 3.06. The molecular weight excluding hydrogens is 267 g/mol. The molecule has 112 valence electrons. The summed E-state index contributed by atoms with van der Waals surface area (Å²) in [5, 5.41) is 6.44. The molecule has 0 aliphatic carbocycles. The molecule has 0 saturated heterocycles. The summed E-state index contributed by atoms with van der Waals surface area (Å²) in [6.07, 6.45) is 1.82. The summed E-state index contributed by atoms with van der Waals surface area (Å²) in [6, 6.07) is 6.53. The molecule has 1 aromatic carbocycles. The van der Waals surface area contributed by atoms with Crippen molar-refractivity contribution in [1.82, 2.24) is 9.97 Å². The maximum absolute atomic E-state index is 13.2. The van der Waals surface area contributed by atoms with E-state index in [2.05, 4.69) is 27.5 Å². The first kappa shape index (κ1) is 15.2. The molecule has 2 N–H and O–H groups in total. The second-order valence-corrected chi connectivity index (χ2v) is 4.92. The lowest BCUT2D eigenvalue weighted by Gasteiger charge is -2.12. The molecule has 2 rings (SSSR count). The molecule has 0 bridgehead atoms. The predicted molar refractivity (Wildman–Crippen MR) is 84.6 cm³/mol. The second-order valence-electron chi connectivity index (χ2n) is 4.92. The number of halogens is 1. The van der Waals surface area contributed by atoms with Crippen molar-refractivity contribution in [1.29, 1.82) is 0 Å². The van der Waals surface area contributed by atoms with E-state index in [-0.39, 0.29) is 5.82 Å². The Bertz CT molecular complexity index is 589. The molecule has 0 atom stereocenters. The van der Waals surface area contributed by atoms with Gasteiger partial charge in [0, 0.05) is 24.7 Å². The first-order chi connectivity index (χ1) is 10.1. The molecule has 0 aliphatic rings. The lowest BCUT2D eigenvalue weighted by atomic mass is 10.2. The van der Waals surface area contributed by atoms with Gasteiger partial charge in [-0.1, -0.05) is 6.92 Å². The Morgan fingerprint density at radius 3 is 2.52 bits per heavy atom. The molecule has 0 saturated carbocycles. The van der Waals surface area contributed by atoms with Gasteiger partial charge in [0.05, 0.1) is 0 Å². The largest absolute Gasteiger partial charge is 0.370 e. The van der Waals surface area contributed by atoms with Gasteiger partial charge in [0.25, 0.3) is 0 Å². The van der Waals surface area contributed by atoms with Crippen molar-refractivity contribution in [2.24, 2.45) is 0 Å². The monoisotopic (exact) mass is 288 g/mol. The molecule has 4 nitrogen and oxygen atoms in total. The molecule has 0 amide bonds. The molecule has 2 aromatic rings. The molecule has 1 aromatic heterocycles. The Morgan fingerprint density at radius 1 is 1.10 bits per heavy atom. The fourth-order valence-electron chi connectivity index (χ4n) is 2.07. The van der Waals surface area contributed by atoms with E-state index in [0.717, 1.165) is 48.1 Å². The van der Waals surface area contributed by atoms with Gasteiger partial charge >= 0.3 is 0 Å². The zero-order valence-electron chi connectivity index (χ0n) is 12.7. The third kappa shape index (κ3) is 4.15. The first-order valence-electron chi connectivity index (χ1n) is 7.27. The van der Waals surface area contributed by atoms with Gasteiger partial charge in [0.15, 0.2) is 0 Å². The van der Waals surface area contributed by atoms with Crippen LogP contribution in [-0.4, -0.2) is 16.5 Å². The number of rotatable bonds is 6. The van der Waals surface area contributed by atoms with E-state index in [1.807, 2.05) is 19.9 Å². The average molecular weight is 288 g/mol. The topological polar surface area (TPSA) is 49.8 Å². The number of aromatic nitrogens is 2. The zero-order chi connectivity index (χ0) is 15.2. The van der Waals surface area contributed by atoms with Crippen LogP contribution in [0.4, 0.5) is 21.7 Å². The Balaban J connectivity index is 2.29. The molecule has 5 heteroatoms. The molecule has 1 heterocycles. The lowest BCUT2D eigenvalue weighted by molar-refractivity contribution is 0.627. The van der Waals surface area contributed by atoms with Crippen molar-refractivity contribution in [3.8, 4) is 0 Å². The Kier molecular flexibility index (Phi) is 5.09. The van der Waals surface area contributed by atoms with E-state index in [4.69, 9.17) is 0 Å². The number of hydrogen-bond donors (Lipinski definition) is 2. The van der Waals surface area contributed by atoms with Gasteiger partial charge in [0.2, 0.25) is 0 Å². The summed E-state index contributed by atoms with van der Waals surface area (Å²) in [5.74, 6) is 2.09. The van der Waals surface area contributed by atoms with Gasteiger partial charge in [-0.25, -0.2) is 14.4 Å². The minimum Gasteiger partial charge on any atom is -0.370 e. The van der Waals surface area contributed by atoms with Gasteiger partial charge in [-0.05, 0) is 44.0 Å². The van der Waals surface area contributed by atoms with Crippen LogP contribution < -0.4 is 10.6 Å². The summed E-state index contributed by atoms with van der Waals surface area (Å²) in [5.41, 5.74) is 1.69. The summed E-state index contributed by atoms with van der Waals surface area (Å²) in [4.78, 5) is 8.98. The van der Waals surface area contributed by atoms with Gasteiger partial charge in [0.1, 0.15) is 23.3 Å². The Labute approximate surface area is 124 Å². The van der Waals surface area contributed by atoms with E-state index in [9.17, 15) is 4.39 Å². The van der Waals surface area contributed by atoms with E-state index < -0.39 is 0 Å². The van der Waals surface area contributed by atoms with E-state index in [1.54, 1.807) is 6.07 Å². The SMILES string of the molecule is CCCc1nc(NCC)cc(Nc2ccc(F)cc2C)n1. The van der Waals surface area contributed by atoms with E-state index >= 15 is 0 Å². The van der Waals surface area contributed by atoms with Gasteiger partial charge in [-0.2, -0.15) is 0 Å². The van der Waals surface area contributed by atoms with Crippen LogP contribution in [0.1, 0.15) is 31.7 Å². The summed E-state index contributed by atoms with van der Waals surface area (Å²) >= 11 is 0. The Hall–Kier alpha value is -2.17. The number of nitrogens with zero attached hydrogens (tertiary/aromatic N) is 2. The van der Waals surface area contributed by atoms with Crippen LogP contribution in [0.5, 0.6) is 0 Å². The molecule has 0 fully saturated rings. The highest BCUT2D eigenvalue weighted by Gasteiger charge is 2.06. The van der Waals surface area contributed by atoms with Crippen molar-refractivity contribution < 1.29 is 4.39 Å². The first-order valence-corrected chi connectivity index (χ1v) is 7.27. The van der Waals surface area contributed by atoms with Crippen molar-refractivity contribution in [2.75, 3.05) is 17.2 Å². The molecule has 0 aliphatic heterocycles. The number of nitrogens with one attached hydrogen (secondary N) is 2. The molecule has 21 heavy (non-hydrogen) atoms.